The third-order valence-corrected chi connectivity index (χ3v) is 2.62. The molecule has 0 spiro atoms. The topological polar surface area (TPSA) is 67.2 Å². The van der Waals surface area contributed by atoms with Crippen LogP contribution in [0.3, 0.4) is 0 Å². The maximum atomic E-state index is 13.4. The number of hydrazone groups is 1. The van der Waals surface area contributed by atoms with Gasteiger partial charge in [-0.25, -0.2) is 14.8 Å². The van der Waals surface area contributed by atoms with E-state index >= 15 is 0 Å². The molecule has 0 radical (unpaired) electrons. The van der Waals surface area contributed by atoms with Gasteiger partial charge in [-0.1, -0.05) is 15.9 Å². The molecule has 0 unspecified atom stereocenters. The number of aromatic nitrogens is 2. The molecule has 1 N–H and O–H groups in total. The highest BCUT2D eigenvalue weighted by Gasteiger charge is 2.05. The van der Waals surface area contributed by atoms with E-state index in [2.05, 4.69) is 36.4 Å². The molecule has 19 heavy (non-hydrogen) atoms. The third-order valence-electron chi connectivity index (χ3n) is 2.12. The Kier molecular flexibility index (Phi) is 4.30. The lowest BCUT2D eigenvalue weighted by Gasteiger charge is -1.99. The van der Waals surface area contributed by atoms with Gasteiger partial charge in [0.2, 0.25) is 0 Å². The van der Waals surface area contributed by atoms with Gasteiger partial charge in [0.15, 0.2) is 0 Å². The summed E-state index contributed by atoms with van der Waals surface area (Å²) in [6.45, 7) is 0. The molecule has 0 aliphatic heterocycles. The van der Waals surface area contributed by atoms with Crippen molar-refractivity contribution in [3.05, 3.63) is 58.3 Å². The number of rotatable bonds is 3. The van der Waals surface area contributed by atoms with Crippen LogP contribution in [0.25, 0.3) is 0 Å². The molecular weight excluding hydrogens is 315 g/mol. The van der Waals surface area contributed by atoms with Gasteiger partial charge in [0.1, 0.15) is 11.5 Å². The van der Waals surface area contributed by atoms with Crippen molar-refractivity contribution in [3.8, 4) is 0 Å². The monoisotopic (exact) mass is 322 g/mol. The second kappa shape index (κ2) is 6.14. The summed E-state index contributed by atoms with van der Waals surface area (Å²) in [7, 11) is 0. The molecule has 2 rings (SSSR count). The van der Waals surface area contributed by atoms with Crippen molar-refractivity contribution in [3.63, 3.8) is 0 Å². The van der Waals surface area contributed by atoms with Crippen molar-refractivity contribution in [2.24, 2.45) is 5.10 Å². The van der Waals surface area contributed by atoms with Crippen LogP contribution in [0.2, 0.25) is 0 Å². The fourth-order valence-corrected chi connectivity index (χ4v) is 1.63. The van der Waals surface area contributed by atoms with Gasteiger partial charge in [0.05, 0.1) is 12.4 Å². The summed E-state index contributed by atoms with van der Waals surface area (Å²) in [5.74, 6) is -0.944. The maximum Gasteiger partial charge on any atom is 0.291 e. The molecule has 1 heterocycles. The van der Waals surface area contributed by atoms with Gasteiger partial charge < -0.3 is 0 Å². The first-order chi connectivity index (χ1) is 9.16. The van der Waals surface area contributed by atoms with E-state index in [4.69, 9.17) is 0 Å². The first-order valence-corrected chi connectivity index (χ1v) is 6.00. The molecule has 0 saturated heterocycles. The molecule has 7 heteroatoms. The fraction of sp³-hybridized carbons (Fsp3) is 0. The molecule has 0 bridgehead atoms. The molecule has 1 amide bonds. The van der Waals surface area contributed by atoms with Crippen LogP contribution in [0.4, 0.5) is 4.39 Å². The van der Waals surface area contributed by atoms with E-state index in [1.54, 1.807) is 12.1 Å². The predicted octanol–water partition coefficient (Wildman–Crippen LogP) is 2.14. The van der Waals surface area contributed by atoms with Gasteiger partial charge in [-0.3, -0.25) is 9.78 Å². The number of halogens is 2. The molecule has 0 aliphatic carbocycles. The van der Waals surface area contributed by atoms with Crippen LogP contribution >= 0.6 is 15.9 Å². The van der Waals surface area contributed by atoms with E-state index in [9.17, 15) is 9.18 Å². The van der Waals surface area contributed by atoms with E-state index in [-0.39, 0.29) is 11.3 Å². The van der Waals surface area contributed by atoms with Gasteiger partial charge in [0, 0.05) is 22.4 Å². The van der Waals surface area contributed by atoms with Gasteiger partial charge in [-0.15, -0.1) is 0 Å². The standard InChI is InChI=1S/C12H8BrFN4O/c13-9-1-2-10(14)8(5-9)6-17-18-12(19)11-7-15-3-4-16-11/h1-7H,(H,18,19)/b17-6+. The second-order valence-electron chi connectivity index (χ2n) is 3.46. The summed E-state index contributed by atoms with van der Waals surface area (Å²) >= 11 is 3.22. The van der Waals surface area contributed by atoms with E-state index in [1.807, 2.05) is 0 Å². The van der Waals surface area contributed by atoms with Crippen LogP contribution < -0.4 is 5.43 Å². The van der Waals surface area contributed by atoms with Gasteiger partial charge in [-0.05, 0) is 18.2 Å². The third kappa shape index (κ3) is 3.65. The Bertz CT molecular complexity index is 618. The number of hydrogen-bond donors (Lipinski definition) is 1. The normalized spacial score (nSPS) is 10.6. The van der Waals surface area contributed by atoms with Crippen molar-refractivity contribution in [1.82, 2.24) is 15.4 Å². The first kappa shape index (κ1) is 13.3. The van der Waals surface area contributed by atoms with Crippen LogP contribution in [0.15, 0.2) is 46.4 Å². The first-order valence-electron chi connectivity index (χ1n) is 5.21. The minimum Gasteiger partial charge on any atom is -0.265 e. The lowest BCUT2D eigenvalue weighted by atomic mass is 10.2. The van der Waals surface area contributed by atoms with Crippen LogP contribution in [0.5, 0.6) is 0 Å². The Balaban J connectivity index is 2.04. The zero-order chi connectivity index (χ0) is 13.7. The van der Waals surface area contributed by atoms with Crippen molar-refractivity contribution < 1.29 is 9.18 Å². The average Bonchev–Trinajstić information content (AvgIpc) is 2.43. The van der Waals surface area contributed by atoms with Gasteiger partial charge >= 0.3 is 0 Å². The summed E-state index contributed by atoms with van der Waals surface area (Å²) in [5.41, 5.74) is 2.63. The van der Waals surface area contributed by atoms with Crippen molar-refractivity contribution in [2.45, 2.75) is 0 Å². The van der Waals surface area contributed by atoms with Crippen molar-refractivity contribution in [2.75, 3.05) is 0 Å². The van der Waals surface area contributed by atoms with Crippen LogP contribution in [0.1, 0.15) is 16.1 Å². The number of amides is 1. The summed E-state index contributed by atoms with van der Waals surface area (Å²) in [6.07, 6.45) is 5.38. The molecule has 0 fully saturated rings. The molecule has 0 atom stereocenters. The maximum absolute atomic E-state index is 13.4. The summed E-state index contributed by atoms with van der Waals surface area (Å²) in [4.78, 5) is 19.1. The lowest BCUT2D eigenvalue weighted by molar-refractivity contribution is 0.0949. The van der Waals surface area contributed by atoms with E-state index in [0.29, 0.717) is 0 Å². The number of nitrogens with one attached hydrogen (secondary N) is 1. The van der Waals surface area contributed by atoms with Crippen LogP contribution in [0, 0.1) is 5.82 Å². The Morgan fingerprint density at radius 3 is 3.00 bits per heavy atom. The van der Waals surface area contributed by atoms with E-state index in [1.165, 1.54) is 30.9 Å². The Hall–Kier alpha value is -2.15. The molecule has 96 valence electrons. The minimum absolute atomic E-state index is 0.134. The van der Waals surface area contributed by atoms with Crippen molar-refractivity contribution in [1.29, 1.82) is 0 Å². The van der Waals surface area contributed by atoms with Gasteiger partial charge in [-0.2, -0.15) is 5.10 Å². The Morgan fingerprint density at radius 2 is 2.26 bits per heavy atom. The number of nitrogens with zero attached hydrogens (tertiary/aromatic N) is 3. The summed E-state index contributed by atoms with van der Waals surface area (Å²) in [6, 6.07) is 4.42. The zero-order valence-electron chi connectivity index (χ0n) is 9.55. The average molecular weight is 323 g/mol. The highest BCUT2D eigenvalue weighted by molar-refractivity contribution is 9.10. The van der Waals surface area contributed by atoms with Crippen LogP contribution in [-0.4, -0.2) is 22.1 Å². The van der Waals surface area contributed by atoms with Crippen molar-refractivity contribution >= 4 is 28.1 Å². The highest BCUT2D eigenvalue weighted by atomic mass is 79.9. The number of carbonyl (C=O) groups is 1. The molecule has 2 aromatic rings. The van der Waals surface area contributed by atoms with E-state index in [0.717, 1.165) is 4.47 Å². The zero-order valence-corrected chi connectivity index (χ0v) is 11.1. The fourth-order valence-electron chi connectivity index (χ4n) is 1.25. The largest absolute Gasteiger partial charge is 0.291 e. The Morgan fingerprint density at radius 1 is 1.42 bits per heavy atom. The molecule has 5 nitrogen and oxygen atoms in total. The molecular formula is C12H8BrFN4O. The summed E-state index contributed by atoms with van der Waals surface area (Å²) in [5, 5.41) is 3.67. The second-order valence-corrected chi connectivity index (χ2v) is 4.37. The molecule has 0 saturated carbocycles. The SMILES string of the molecule is O=C(N/N=C/c1cc(Br)ccc1F)c1cnccn1. The number of carbonyl (C=O) groups excluding carboxylic acids is 1. The van der Waals surface area contributed by atoms with Crippen LogP contribution in [-0.2, 0) is 0 Å². The molecule has 1 aromatic carbocycles. The van der Waals surface area contributed by atoms with E-state index < -0.39 is 11.7 Å². The predicted molar refractivity (Wildman–Crippen MR) is 71.2 cm³/mol. The van der Waals surface area contributed by atoms with Gasteiger partial charge in [0.25, 0.3) is 5.91 Å². The lowest BCUT2D eigenvalue weighted by Crippen LogP contribution is -2.19. The highest BCUT2D eigenvalue weighted by Crippen LogP contribution is 2.13. The quantitative estimate of drug-likeness (QED) is 0.695. The Labute approximate surface area is 116 Å². The minimum atomic E-state index is -0.514. The number of benzene rings is 1. The summed E-state index contributed by atoms with van der Waals surface area (Å²) < 4.78 is 14.1. The molecule has 1 aromatic heterocycles. The number of hydrogen-bond acceptors (Lipinski definition) is 4. The molecule has 0 aliphatic rings. The smallest absolute Gasteiger partial charge is 0.265 e.